The van der Waals surface area contributed by atoms with Crippen molar-refractivity contribution in [3.05, 3.63) is 44.5 Å². The van der Waals surface area contributed by atoms with Crippen LogP contribution >= 0.6 is 0 Å². The number of nitrogens with zero attached hydrogens (tertiary/aromatic N) is 2. The van der Waals surface area contributed by atoms with E-state index in [0.29, 0.717) is 24.2 Å². The van der Waals surface area contributed by atoms with Crippen molar-refractivity contribution >= 4 is 22.6 Å². The van der Waals surface area contributed by atoms with Crippen molar-refractivity contribution in [2.75, 3.05) is 0 Å². The zero-order chi connectivity index (χ0) is 14.7. The molecule has 8 heteroatoms. The van der Waals surface area contributed by atoms with Gasteiger partial charge in [0.05, 0.1) is 15.8 Å². The third-order valence-electron chi connectivity index (χ3n) is 2.75. The van der Waals surface area contributed by atoms with Gasteiger partial charge in [-0.2, -0.15) is 0 Å². The fraction of sp³-hybridized carbons (Fsp3) is 0.250. The molecule has 0 saturated heterocycles. The number of nitro benzene ring substituents is 1. The van der Waals surface area contributed by atoms with Gasteiger partial charge in [0, 0.05) is 25.0 Å². The Morgan fingerprint density at radius 1 is 1.45 bits per heavy atom. The van der Waals surface area contributed by atoms with Gasteiger partial charge >= 0.3 is 5.97 Å². The quantitative estimate of drug-likeness (QED) is 0.625. The fourth-order valence-corrected chi connectivity index (χ4v) is 1.81. The van der Waals surface area contributed by atoms with Crippen LogP contribution in [0.4, 0.5) is 5.69 Å². The van der Waals surface area contributed by atoms with Crippen molar-refractivity contribution in [2.24, 2.45) is 0 Å². The minimum Gasteiger partial charge on any atom is -0.481 e. The van der Waals surface area contributed by atoms with E-state index in [9.17, 15) is 19.7 Å². The number of hydrogen-bond acceptors (Lipinski definition) is 5. The molecule has 1 aromatic heterocycles. The number of H-pyrrole nitrogens is 1. The summed E-state index contributed by atoms with van der Waals surface area (Å²) in [5.41, 5.74) is -0.294. The Bertz CT molecular complexity index is 737. The molecule has 20 heavy (non-hydrogen) atoms. The number of fused-ring (bicyclic) bond motifs is 1. The van der Waals surface area contributed by atoms with Gasteiger partial charge in [0.15, 0.2) is 0 Å². The highest BCUT2D eigenvalue weighted by molar-refractivity contribution is 5.80. The van der Waals surface area contributed by atoms with Crippen molar-refractivity contribution in [2.45, 2.75) is 19.3 Å². The Kier molecular flexibility index (Phi) is 3.74. The van der Waals surface area contributed by atoms with E-state index in [0.717, 1.165) is 0 Å². The molecule has 0 aliphatic carbocycles. The fourth-order valence-electron chi connectivity index (χ4n) is 1.81. The molecule has 2 N–H and O–H groups in total. The van der Waals surface area contributed by atoms with Gasteiger partial charge in [-0.15, -0.1) is 0 Å². The Labute approximate surface area is 112 Å². The molecule has 0 bridgehead atoms. The Hall–Kier alpha value is -2.77. The van der Waals surface area contributed by atoms with Gasteiger partial charge < -0.3 is 10.1 Å². The monoisotopic (exact) mass is 277 g/mol. The molecule has 0 aliphatic heterocycles. The van der Waals surface area contributed by atoms with E-state index < -0.39 is 16.5 Å². The number of aryl methyl sites for hydroxylation is 1. The zero-order valence-electron chi connectivity index (χ0n) is 10.3. The summed E-state index contributed by atoms with van der Waals surface area (Å²) in [7, 11) is 0. The number of nitrogens with one attached hydrogen (secondary N) is 1. The van der Waals surface area contributed by atoms with Crippen LogP contribution < -0.4 is 5.56 Å². The van der Waals surface area contributed by atoms with Gasteiger partial charge in [-0.3, -0.25) is 19.7 Å². The molecular weight excluding hydrogens is 266 g/mol. The van der Waals surface area contributed by atoms with Crippen LogP contribution in [0.15, 0.2) is 23.0 Å². The number of aliphatic carboxylic acids is 1. The third kappa shape index (κ3) is 2.97. The van der Waals surface area contributed by atoms with Crippen LogP contribution in [-0.4, -0.2) is 26.0 Å². The largest absolute Gasteiger partial charge is 0.481 e. The molecule has 2 aromatic rings. The molecule has 0 spiro atoms. The highest BCUT2D eigenvalue weighted by atomic mass is 16.6. The van der Waals surface area contributed by atoms with Gasteiger partial charge in [-0.05, 0) is 12.5 Å². The van der Waals surface area contributed by atoms with E-state index in [1.54, 1.807) is 0 Å². The van der Waals surface area contributed by atoms with Crippen LogP contribution in [0, 0.1) is 10.1 Å². The predicted molar refractivity (Wildman–Crippen MR) is 69.6 cm³/mol. The number of rotatable bonds is 5. The maximum absolute atomic E-state index is 11.8. The number of carbonyl (C=O) groups is 1. The average Bonchev–Trinajstić information content (AvgIpc) is 2.37. The molecule has 0 radical (unpaired) electrons. The number of benzene rings is 1. The van der Waals surface area contributed by atoms with Gasteiger partial charge in [-0.1, -0.05) is 0 Å². The summed E-state index contributed by atoms with van der Waals surface area (Å²) in [5, 5.41) is 19.3. The number of aromatic amines is 1. The molecule has 0 fully saturated rings. The SMILES string of the molecule is O=C(O)CCCc1nc2ccc([N+](=O)[O-])cc2c(=O)[nH]1. The third-order valence-corrected chi connectivity index (χ3v) is 2.75. The first-order valence-corrected chi connectivity index (χ1v) is 5.86. The second kappa shape index (κ2) is 5.47. The van der Waals surface area contributed by atoms with Crippen molar-refractivity contribution in [3.63, 3.8) is 0 Å². The summed E-state index contributed by atoms with van der Waals surface area (Å²) >= 11 is 0. The smallest absolute Gasteiger partial charge is 0.303 e. The second-order valence-electron chi connectivity index (χ2n) is 4.22. The van der Waals surface area contributed by atoms with Crippen molar-refractivity contribution < 1.29 is 14.8 Å². The van der Waals surface area contributed by atoms with E-state index >= 15 is 0 Å². The maximum atomic E-state index is 11.8. The maximum Gasteiger partial charge on any atom is 0.303 e. The number of hydrogen-bond donors (Lipinski definition) is 2. The summed E-state index contributed by atoms with van der Waals surface area (Å²) < 4.78 is 0. The molecule has 0 atom stereocenters. The molecule has 0 amide bonds. The average molecular weight is 277 g/mol. The summed E-state index contributed by atoms with van der Waals surface area (Å²) in [5.74, 6) is -0.540. The zero-order valence-corrected chi connectivity index (χ0v) is 10.3. The Morgan fingerprint density at radius 2 is 2.20 bits per heavy atom. The highest BCUT2D eigenvalue weighted by Crippen LogP contribution is 2.16. The van der Waals surface area contributed by atoms with E-state index in [-0.39, 0.29) is 17.5 Å². The lowest BCUT2D eigenvalue weighted by Crippen LogP contribution is -2.12. The van der Waals surface area contributed by atoms with Gasteiger partial charge in [0.2, 0.25) is 0 Å². The lowest BCUT2D eigenvalue weighted by Gasteiger charge is -2.02. The minimum absolute atomic E-state index is 0.0119. The van der Waals surface area contributed by atoms with Crippen LogP contribution in [0.1, 0.15) is 18.7 Å². The van der Waals surface area contributed by atoms with Crippen molar-refractivity contribution in [1.29, 1.82) is 0 Å². The molecule has 0 saturated carbocycles. The Balaban J connectivity index is 2.33. The molecule has 0 unspecified atom stereocenters. The molecule has 104 valence electrons. The summed E-state index contributed by atoms with van der Waals surface area (Å²) in [6.45, 7) is 0. The summed E-state index contributed by atoms with van der Waals surface area (Å²) in [4.78, 5) is 39.0. The van der Waals surface area contributed by atoms with Crippen LogP contribution in [0.3, 0.4) is 0 Å². The first kappa shape index (κ1) is 13.7. The molecule has 8 nitrogen and oxygen atoms in total. The number of nitro groups is 1. The van der Waals surface area contributed by atoms with E-state index in [1.165, 1.54) is 18.2 Å². The summed E-state index contributed by atoms with van der Waals surface area (Å²) in [6, 6.07) is 3.85. The van der Waals surface area contributed by atoms with Crippen LogP contribution in [0.5, 0.6) is 0 Å². The topological polar surface area (TPSA) is 126 Å². The standard InChI is InChI=1S/C12H11N3O5/c16-11(17)3-1-2-10-13-9-5-4-7(15(19)20)6-8(9)12(18)14-10/h4-6H,1-3H2,(H,16,17)(H,13,14,18). The van der Waals surface area contributed by atoms with Crippen LogP contribution in [0.25, 0.3) is 10.9 Å². The van der Waals surface area contributed by atoms with Gasteiger partial charge in [-0.25, -0.2) is 4.98 Å². The van der Waals surface area contributed by atoms with Gasteiger partial charge in [0.25, 0.3) is 11.2 Å². The lowest BCUT2D eigenvalue weighted by molar-refractivity contribution is -0.384. The van der Waals surface area contributed by atoms with Crippen LogP contribution in [-0.2, 0) is 11.2 Å². The number of carboxylic acids is 1. The first-order chi connectivity index (χ1) is 9.47. The second-order valence-corrected chi connectivity index (χ2v) is 4.22. The van der Waals surface area contributed by atoms with Crippen molar-refractivity contribution in [3.8, 4) is 0 Å². The normalized spacial score (nSPS) is 10.6. The first-order valence-electron chi connectivity index (χ1n) is 5.86. The minimum atomic E-state index is -0.913. The molecule has 0 aliphatic rings. The Morgan fingerprint density at radius 3 is 2.85 bits per heavy atom. The summed E-state index contributed by atoms with van der Waals surface area (Å²) in [6.07, 6.45) is 0.674. The van der Waals surface area contributed by atoms with E-state index in [4.69, 9.17) is 5.11 Å². The molecule has 2 rings (SSSR count). The van der Waals surface area contributed by atoms with Crippen LogP contribution in [0.2, 0.25) is 0 Å². The molecule has 1 heterocycles. The predicted octanol–water partition coefficient (Wildman–Crippen LogP) is 1.24. The van der Waals surface area contributed by atoms with Gasteiger partial charge in [0.1, 0.15) is 5.82 Å². The number of carboxylic acid groups (broad SMARTS) is 1. The number of aromatic nitrogens is 2. The van der Waals surface area contributed by atoms with Crippen molar-refractivity contribution in [1.82, 2.24) is 9.97 Å². The lowest BCUT2D eigenvalue weighted by atomic mass is 10.2. The molecular formula is C12H11N3O5. The van der Waals surface area contributed by atoms with E-state index in [1.807, 2.05) is 0 Å². The molecule has 1 aromatic carbocycles. The number of non-ortho nitro benzene ring substituents is 1. The van der Waals surface area contributed by atoms with E-state index in [2.05, 4.69) is 9.97 Å². The highest BCUT2D eigenvalue weighted by Gasteiger charge is 2.10.